The van der Waals surface area contributed by atoms with E-state index >= 15 is 0 Å². The standard InChI is InChI=1S/C19H29N3O3S/c1-15-12-16(2)19(17(3)13-15)26(24,25)22-10-8-20(9-11-22)14-18(23)21-6-4-5-7-21/h12-13H,4-11,14H2,1-3H3. The molecule has 0 spiro atoms. The van der Waals surface area contributed by atoms with E-state index < -0.39 is 10.0 Å². The van der Waals surface area contributed by atoms with Crippen LogP contribution in [0.4, 0.5) is 0 Å². The molecular formula is C19H29N3O3S. The zero-order chi connectivity index (χ0) is 18.9. The van der Waals surface area contributed by atoms with Crippen LogP contribution < -0.4 is 0 Å². The number of hydrogen-bond donors (Lipinski definition) is 0. The maximum atomic E-state index is 13.1. The van der Waals surface area contributed by atoms with Gasteiger partial charge in [-0.15, -0.1) is 0 Å². The number of rotatable bonds is 4. The number of amides is 1. The number of sulfonamides is 1. The van der Waals surface area contributed by atoms with E-state index in [9.17, 15) is 13.2 Å². The number of carbonyl (C=O) groups excluding carboxylic acids is 1. The van der Waals surface area contributed by atoms with Crippen molar-refractivity contribution in [1.82, 2.24) is 14.1 Å². The van der Waals surface area contributed by atoms with Gasteiger partial charge in [0.1, 0.15) is 0 Å². The summed E-state index contributed by atoms with van der Waals surface area (Å²) in [5, 5.41) is 0. The van der Waals surface area contributed by atoms with Gasteiger partial charge in [0.05, 0.1) is 11.4 Å². The second-order valence-corrected chi connectivity index (χ2v) is 9.37. The first-order valence-electron chi connectivity index (χ1n) is 9.37. The quantitative estimate of drug-likeness (QED) is 0.796. The van der Waals surface area contributed by atoms with Crippen LogP contribution in [0.1, 0.15) is 29.5 Å². The lowest BCUT2D eigenvalue weighted by Crippen LogP contribution is -2.51. The van der Waals surface area contributed by atoms with E-state index in [0.717, 1.165) is 42.6 Å². The molecule has 1 aromatic rings. The van der Waals surface area contributed by atoms with Crippen LogP contribution in [0.5, 0.6) is 0 Å². The first-order valence-corrected chi connectivity index (χ1v) is 10.8. The number of benzene rings is 1. The van der Waals surface area contributed by atoms with Gasteiger partial charge in [0.25, 0.3) is 0 Å². The predicted octanol–water partition coefficient (Wildman–Crippen LogP) is 1.54. The van der Waals surface area contributed by atoms with Gasteiger partial charge in [0.2, 0.25) is 15.9 Å². The van der Waals surface area contributed by atoms with Crippen molar-refractivity contribution in [3.05, 3.63) is 28.8 Å². The molecule has 0 radical (unpaired) electrons. The van der Waals surface area contributed by atoms with Gasteiger partial charge in [-0.2, -0.15) is 4.31 Å². The molecule has 0 unspecified atom stereocenters. The Kier molecular flexibility index (Phi) is 5.69. The Balaban J connectivity index is 1.65. The molecule has 1 aromatic carbocycles. The molecule has 144 valence electrons. The summed E-state index contributed by atoms with van der Waals surface area (Å²) in [6.45, 7) is 9.88. The Morgan fingerprint density at radius 3 is 2.00 bits per heavy atom. The fourth-order valence-electron chi connectivity index (χ4n) is 4.09. The largest absolute Gasteiger partial charge is 0.342 e. The highest BCUT2D eigenvalue weighted by Gasteiger charge is 2.32. The molecule has 0 N–H and O–H groups in total. The van der Waals surface area contributed by atoms with Gasteiger partial charge in [-0.05, 0) is 44.7 Å². The summed E-state index contributed by atoms with van der Waals surface area (Å²) in [6, 6.07) is 3.84. The van der Waals surface area contributed by atoms with Crippen LogP contribution in [0.3, 0.4) is 0 Å². The molecule has 26 heavy (non-hydrogen) atoms. The number of carbonyl (C=O) groups is 1. The van der Waals surface area contributed by atoms with Crippen LogP contribution in [0.15, 0.2) is 17.0 Å². The summed E-state index contributed by atoms with van der Waals surface area (Å²) >= 11 is 0. The second kappa shape index (κ2) is 7.66. The van der Waals surface area contributed by atoms with Crippen molar-refractivity contribution in [2.24, 2.45) is 0 Å². The average molecular weight is 380 g/mol. The molecule has 2 heterocycles. The Labute approximate surface area is 156 Å². The first-order chi connectivity index (χ1) is 12.3. The van der Waals surface area contributed by atoms with Crippen molar-refractivity contribution in [2.75, 3.05) is 45.8 Å². The smallest absolute Gasteiger partial charge is 0.243 e. The minimum Gasteiger partial charge on any atom is -0.342 e. The normalized spacial score (nSPS) is 19.9. The molecule has 6 nitrogen and oxygen atoms in total. The van der Waals surface area contributed by atoms with E-state index in [1.165, 1.54) is 0 Å². The maximum absolute atomic E-state index is 13.1. The SMILES string of the molecule is Cc1cc(C)c(S(=O)(=O)N2CCN(CC(=O)N3CCCC3)CC2)c(C)c1. The lowest BCUT2D eigenvalue weighted by molar-refractivity contribution is -0.131. The third-order valence-electron chi connectivity index (χ3n) is 5.35. The Hall–Kier alpha value is -1.44. The highest BCUT2D eigenvalue weighted by atomic mass is 32.2. The van der Waals surface area contributed by atoms with Gasteiger partial charge in [0, 0.05) is 39.3 Å². The molecule has 3 rings (SSSR count). The zero-order valence-corrected chi connectivity index (χ0v) is 16.8. The van der Waals surface area contributed by atoms with Crippen molar-refractivity contribution in [3.63, 3.8) is 0 Å². The molecule has 0 aromatic heterocycles. The Morgan fingerprint density at radius 2 is 1.46 bits per heavy atom. The molecule has 2 saturated heterocycles. The summed E-state index contributed by atoms with van der Waals surface area (Å²) < 4.78 is 27.8. The van der Waals surface area contributed by atoms with Gasteiger partial charge < -0.3 is 4.90 Å². The predicted molar refractivity (Wildman–Crippen MR) is 102 cm³/mol. The summed E-state index contributed by atoms with van der Waals surface area (Å²) in [5.74, 6) is 0.170. The summed E-state index contributed by atoms with van der Waals surface area (Å²) in [5.41, 5.74) is 2.67. The number of likely N-dealkylation sites (tertiary alicyclic amines) is 1. The van der Waals surface area contributed by atoms with Gasteiger partial charge >= 0.3 is 0 Å². The Bertz CT molecular complexity index is 754. The van der Waals surface area contributed by atoms with Crippen molar-refractivity contribution in [2.45, 2.75) is 38.5 Å². The first kappa shape index (κ1) is 19.3. The van der Waals surface area contributed by atoms with Crippen LogP contribution in [-0.4, -0.2) is 74.2 Å². The third kappa shape index (κ3) is 3.94. The molecular weight excluding hydrogens is 350 g/mol. The average Bonchev–Trinajstić information content (AvgIpc) is 3.08. The Morgan fingerprint density at radius 1 is 0.923 bits per heavy atom. The minimum atomic E-state index is -3.50. The second-order valence-electron chi connectivity index (χ2n) is 7.50. The zero-order valence-electron chi connectivity index (χ0n) is 16.0. The summed E-state index contributed by atoms with van der Waals surface area (Å²) in [7, 11) is -3.50. The van der Waals surface area contributed by atoms with E-state index in [1.807, 2.05) is 37.8 Å². The molecule has 2 fully saturated rings. The minimum absolute atomic E-state index is 0.170. The maximum Gasteiger partial charge on any atom is 0.243 e. The van der Waals surface area contributed by atoms with Crippen molar-refractivity contribution in [1.29, 1.82) is 0 Å². The number of nitrogens with zero attached hydrogens (tertiary/aromatic N) is 3. The van der Waals surface area contributed by atoms with Crippen LogP contribution in [0.2, 0.25) is 0 Å². The molecule has 2 aliphatic rings. The lowest BCUT2D eigenvalue weighted by Gasteiger charge is -2.34. The monoisotopic (exact) mass is 379 g/mol. The molecule has 2 aliphatic heterocycles. The molecule has 0 saturated carbocycles. The topological polar surface area (TPSA) is 60.9 Å². The molecule has 0 atom stereocenters. The van der Waals surface area contributed by atoms with E-state index in [2.05, 4.69) is 4.90 Å². The molecule has 7 heteroatoms. The molecule has 1 amide bonds. The van der Waals surface area contributed by atoms with Gasteiger partial charge in [-0.1, -0.05) is 17.7 Å². The van der Waals surface area contributed by atoms with Crippen LogP contribution >= 0.6 is 0 Å². The van der Waals surface area contributed by atoms with Crippen LogP contribution in [0, 0.1) is 20.8 Å². The summed E-state index contributed by atoms with van der Waals surface area (Å²) in [6.07, 6.45) is 2.18. The number of hydrogen-bond acceptors (Lipinski definition) is 4. The van der Waals surface area contributed by atoms with Gasteiger partial charge in [-0.25, -0.2) is 8.42 Å². The highest BCUT2D eigenvalue weighted by Crippen LogP contribution is 2.26. The summed E-state index contributed by atoms with van der Waals surface area (Å²) in [4.78, 5) is 16.7. The third-order valence-corrected chi connectivity index (χ3v) is 7.56. The van der Waals surface area contributed by atoms with Gasteiger partial charge in [-0.3, -0.25) is 9.69 Å². The molecule has 0 bridgehead atoms. The van der Waals surface area contributed by atoms with E-state index in [-0.39, 0.29) is 5.91 Å². The van der Waals surface area contributed by atoms with Gasteiger partial charge in [0.15, 0.2) is 0 Å². The number of aryl methyl sites for hydroxylation is 3. The van der Waals surface area contributed by atoms with Crippen LogP contribution in [0.25, 0.3) is 0 Å². The fourth-order valence-corrected chi connectivity index (χ4v) is 5.92. The lowest BCUT2D eigenvalue weighted by atomic mass is 10.1. The van der Waals surface area contributed by atoms with E-state index in [1.54, 1.807) is 4.31 Å². The number of piperazine rings is 1. The van der Waals surface area contributed by atoms with Crippen molar-refractivity contribution < 1.29 is 13.2 Å². The van der Waals surface area contributed by atoms with Crippen LogP contribution in [-0.2, 0) is 14.8 Å². The van der Waals surface area contributed by atoms with E-state index in [0.29, 0.717) is 37.6 Å². The molecule has 0 aliphatic carbocycles. The van der Waals surface area contributed by atoms with E-state index in [4.69, 9.17) is 0 Å². The van der Waals surface area contributed by atoms with Crippen molar-refractivity contribution in [3.8, 4) is 0 Å². The fraction of sp³-hybridized carbons (Fsp3) is 0.632. The highest BCUT2D eigenvalue weighted by molar-refractivity contribution is 7.89. The van der Waals surface area contributed by atoms with Crippen molar-refractivity contribution >= 4 is 15.9 Å².